The van der Waals surface area contributed by atoms with Crippen molar-refractivity contribution >= 4 is 17.9 Å². The van der Waals surface area contributed by atoms with Crippen LogP contribution in [0.4, 0.5) is 0 Å². The molecular weight excluding hydrogens is 446 g/mol. The van der Waals surface area contributed by atoms with E-state index in [1.165, 1.54) is 38.5 Å². The molecule has 0 radical (unpaired) electrons. The van der Waals surface area contributed by atoms with E-state index in [0.29, 0.717) is 29.1 Å². The van der Waals surface area contributed by atoms with Crippen LogP contribution < -0.4 is 5.73 Å². The van der Waals surface area contributed by atoms with Gasteiger partial charge in [-0.3, -0.25) is 14.4 Å². The van der Waals surface area contributed by atoms with Crippen LogP contribution in [-0.4, -0.2) is 40.3 Å². The van der Waals surface area contributed by atoms with Crippen molar-refractivity contribution in [3.63, 3.8) is 0 Å². The summed E-state index contributed by atoms with van der Waals surface area (Å²) in [6.45, 7) is 7.26. The Balaban J connectivity index is 1.40. The first-order valence-electron chi connectivity index (χ1n) is 13.9. The van der Waals surface area contributed by atoms with E-state index in [4.69, 9.17) is 20.7 Å². The number of aliphatic carboxylic acids is 2. The van der Waals surface area contributed by atoms with Gasteiger partial charge in [-0.1, -0.05) is 20.8 Å². The second-order valence-corrected chi connectivity index (χ2v) is 12.8. The lowest BCUT2D eigenvalue weighted by Crippen LogP contribution is -2.54. The van der Waals surface area contributed by atoms with Gasteiger partial charge in [-0.15, -0.1) is 0 Å². The number of carbonyl (C=O) groups excluding carboxylic acids is 1. The topological polar surface area (TPSA) is 127 Å². The summed E-state index contributed by atoms with van der Waals surface area (Å²) in [7, 11) is 0. The minimum atomic E-state index is -1.10. The average Bonchev–Trinajstić information content (AvgIpc) is 3.14. The number of hydrogen-bond acceptors (Lipinski definition) is 5. The summed E-state index contributed by atoms with van der Waals surface area (Å²) < 4.78 is 5.68. The molecule has 4 N–H and O–H groups in total. The zero-order valence-corrected chi connectivity index (χ0v) is 21.7. The molecule has 0 aliphatic heterocycles. The number of esters is 1. The lowest BCUT2D eigenvalue weighted by atomic mass is 9.44. The second kappa shape index (κ2) is 10.0. The molecule has 4 fully saturated rings. The Labute approximate surface area is 209 Å². The third-order valence-corrected chi connectivity index (χ3v) is 11.2. The van der Waals surface area contributed by atoms with Gasteiger partial charge in [0.1, 0.15) is 12.1 Å². The van der Waals surface area contributed by atoms with E-state index < -0.39 is 30.4 Å². The monoisotopic (exact) mass is 491 g/mol. The minimum Gasteiger partial charge on any atom is -0.481 e. The normalized spacial score (nSPS) is 42.2. The lowest BCUT2D eigenvalue weighted by molar-refractivity contribution is -0.165. The summed E-state index contributed by atoms with van der Waals surface area (Å²) in [6, 6.07) is -1.10. The van der Waals surface area contributed by atoms with Crippen LogP contribution >= 0.6 is 0 Å². The van der Waals surface area contributed by atoms with Crippen LogP contribution in [0, 0.1) is 46.3 Å². The first kappa shape index (κ1) is 26.4. The molecule has 0 bridgehead atoms. The number of carboxylic acid groups (broad SMARTS) is 2. The van der Waals surface area contributed by atoms with E-state index >= 15 is 0 Å². The molecule has 35 heavy (non-hydrogen) atoms. The van der Waals surface area contributed by atoms with Gasteiger partial charge in [-0.2, -0.15) is 0 Å². The third kappa shape index (κ3) is 4.99. The number of nitrogens with two attached hydrogens (primary N) is 1. The van der Waals surface area contributed by atoms with Crippen molar-refractivity contribution in [3.05, 3.63) is 0 Å². The van der Waals surface area contributed by atoms with E-state index in [1.54, 1.807) is 0 Å². The molecule has 0 heterocycles. The second-order valence-electron chi connectivity index (χ2n) is 12.8. The zero-order valence-electron chi connectivity index (χ0n) is 21.7. The Hall–Kier alpha value is -1.63. The molecule has 0 spiro atoms. The lowest BCUT2D eigenvalue weighted by Gasteiger charge is -2.61. The van der Waals surface area contributed by atoms with Crippen LogP contribution in [0.15, 0.2) is 0 Å². The van der Waals surface area contributed by atoms with Gasteiger partial charge in [0.25, 0.3) is 0 Å². The van der Waals surface area contributed by atoms with Gasteiger partial charge in [0.15, 0.2) is 0 Å². The molecule has 4 aliphatic rings. The van der Waals surface area contributed by atoms with Crippen LogP contribution in [-0.2, 0) is 19.1 Å². The molecule has 7 heteroatoms. The van der Waals surface area contributed by atoms with Crippen LogP contribution in [0.1, 0.15) is 97.8 Å². The van der Waals surface area contributed by atoms with Gasteiger partial charge in [0.2, 0.25) is 0 Å². The SMILES string of the molecule is CC(CCC(=O)O)C1CC[C@H]2C3CC[C@@H]4C[C@H](OC(=O)[C@@H](N)CC(=O)O)CC[C@]4(C)[C@@H]3CC[C@]12C. The van der Waals surface area contributed by atoms with Crippen LogP contribution in [0.2, 0.25) is 0 Å². The molecule has 4 aliphatic carbocycles. The highest BCUT2D eigenvalue weighted by atomic mass is 16.5. The van der Waals surface area contributed by atoms with Crippen molar-refractivity contribution in [3.8, 4) is 0 Å². The molecule has 0 amide bonds. The van der Waals surface area contributed by atoms with E-state index in [1.807, 2.05) is 0 Å². The molecule has 7 nitrogen and oxygen atoms in total. The molecule has 3 unspecified atom stereocenters. The number of carboxylic acids is 2. The Morgan fingerprint density at radius 1 is 0.943 bits per heavy atom. The van der Waals surface area contributed by atoms with Crippen molar-refractivity contribution in [1.29, 1.82) is 0 Å². The van der Waals surface area contributed by atoms with Crippen LogP contribution in [0.3, 0.4) is 0 Å². The fourth-order valence-electron chi connectivity index (χ4n) is 9.38. The Morgan fingerprint density at radius 3 is 2.31 bits per heavy atom. The van der Waals surface area contributed by atoms with Gasteiger partial charge in [0.05, 0.1) is 6.42 Å². The summed E-state index contributed by atoms with van der Waals surface area (Å²) in [5, 5.41) is 18.1. The van der Waals surface area contributed by atoms with Gasteiger partial charge < -0.3 is 20.7 Å². The zero-order chi connectivity index (χ0) is 25.5. The molecule has 0 saturated heterocycles. The summed E-state index contributed by atoms with van der Waals surface area (Å²) in [5.74, 6) is 1.45. The fourth-order valence-corrected chi connectivity index (χ4v) is 9.38. The van der Waals surface area contributed by atoms with Gasteiger partial charge in [-0.05, 0) is 111 Å². The van der Waals surface area contributed by atoms with Crippen molar-refractivity contribution in [2.45, 2.75) is 110 Å². The first-order valence-corrected chi connectivity index (χ1v) is 13.9. The minimum absolute atomic E-state index is 0.156. The van der Waals surface area contributed by atoms with E-state index in [0.717, 1.165) is 37.5 Å². The maximum atomic E-state index is 12.3. The number of carbonyl (C=O) groups is 3. The Kier molecular flexibility index (Phi) is 7.57. The Morgan fingerprint density at radius 2 is 1.63 bits per heavy atom. The molecule has 4 saturated carbocycles. The highest BCUT2D eigenvalue weighted by Gasteiger charge is 2.60. The largest absolute Gasteiger partial charge is 0.481 e. The maximum Gasteiger partial charge on any atom is 0.323 e. The van der Waals surface area contributed by atoms with E-state index in [2.05, 4.69) is 20.8 Å². The average molecular weight is 492 g/mol. The third-order valence-electron chi connectivity index (χ3n) is 11.2. The fraction of sp³-hybridized carbons (Fsp3) is 0.893. The standard InChI is InChI=1S/C28H45NO6/c1-16(4-9-24(30)31)20-7-8-21-19-6-5-17-14-18(35-26(34)23(29)15-25(32)33)10-12-27(17,2)22(19)11-13-28(20,21)3/h16-23H,4-15,29H2,1-3H3,(H,30,31)(H,32,33)/t16?,17-,18-,19?,20?,21+,22-,23+,27+,28-/m1/s1. The van der Waals surface area contributed by atoms with E-state index in [9.17, 15) is 14.4 Å². The van der Waals surface area contributed by atoms with Crippen molar-refractivity contribution in [2.75, 3.05) is 0 Å². The van der Waals surface area contributed by atoms with E-state index in [-0.39, 0.29) is 17.9 Å². The first-order chi connectivity index (χ1) is 16.5. The highest BCUT2D eigenvalue weighted by molar-refractivity contribution is 5.81. The highest BCUT2D eigenvalue weighted by Crippen LogP contribution is 2.68. The van der Waals surface area contributed by atoms with Gasteiger partial charge in [-0.25, -0.2) is 0 Å². The van der Waals surface area contributed by atoms with Crippen molar-refractivity contribution < 1.29 is 29.3 Å². The van der Waals surface area contributed by atoms with Crippen molar-refractivity contribution in [1.82, 2.24) is 0 Å². The predicted octanol–water partition coefficient (Wildman–Crippen LogP) is 4.86. The van der Waals surface area contributed by atoms with Gasteiger partial charge in [0, 0.05) is 6.42 Å². The molecule has 10 atom stereocenters. The summed E-state index contributed by atoms with van der Waals surface area (Å²) >= 11 is 0. The van der Waals surface area contributed by atoms with Crippen molar-refractivity contribution in [2.24, 2.45) is 52.1 Å². The number of hydrogen-bond donors (Lipinski definition) is 3. The quantitative estimate of drug-likeness (QED) is 0.414. The molecule has 0 aromatic rings. The number of rotatable bonds is 8. The predicted molar refractivity (Wildman–Crippen MR) is 131 cm³/mol. The Bertz CT molecular complexity index is 830. The summed E-state index contributed by atoms with van der Waals surface area (Å²) in [4.78, 5) is 34.3. The number of fused-ring (bicyclic) bond motifs is 5. The summed E-state index contributed by atoms with van der Waals surface area (Å²) in [6.07, 6.45) is 10.7. The van der Waals surface area contributed by atoms with Gasteiger partial charge >= 0.3 is 17.9 Å². The van der Waals surface area contributed by atoms with Crippen LogP contribution in [0.25, 0.3) is 0 Å². The molecular formula is C28H45NO6. The summed E-state index contributed by atoms with van der Waals surface area (Å²) in [5.41, 5.74) is 6.32. The molecule has 4 rings (SSSR count). The number of ether oxygens (including phenoxy) is 1. The molecule has 0 aromatic heterocycles. The molecule has 0 aromatic carbocycles. The smallest absolute Gasteiger partial charge is 0.323 e. The maximum absolute atomic E-state index is 12.3. The molecule has 198 valence electrons. The van der Waals surface area contributed by atoms with Crippen LogP contribution in [0.5, 0.6) is 0 Å².